The maximum atomic E-state index is 9.76. The van der Waals surface area contributed by atoms with Crippen molar-refractivity contribution in [2.24, 2.45) is 5.92 Å². The highest BCUT2D eigenvalue weighted by Crippen LogP contribution is 2.28. The van der Waals surface area contributed by atoms with Crippen molar-refractivity contribution in [3.05, 3.63) is 28.8 Å². The maximum Gasteiger partial charge on any atom is 0.121 e. The fraction of sp³-hybridized carbons (Fsp3) is 0.538. The van der Waals surface area contributed by atoms with Gasteiger partial charge in [-0.1, -0.05) is 24.6 Å². The third-order valence-electron chi connectivity index (χ3n) is 3.35. The summed E-state index contributed by atoms with van der Waals surface area (Å²) in [4.78, 5) is 2.36. The van der Waals surface area contributed by atoms with E-state index in [4.69, 9.17) is 11.6 Å². The number of phenolic OH excluding ortho intramolecular Hbond substituents is 1. The van der Waals surface area contributed by atoms with Crippen LogP contribution in [0, 0.1) is 5.92 Å². The van der Waals surface area contributed by atoms with Gasteiger partial charge >= 0.3 is 0 Å². The second-order valence-corrected chi connectivity index (χ2v) is 5.10. The van der Waals surface area contributed by atoms with Gasteiger partial charge in [0, 0.05) is 17.1 Å². The van der Waals surface area contributed by atoms with Crippen LogP contribution in [0.5, 0.6) is 5.75 Å². The molecule has 0 unspecified atom stereocenters. The Bertz CT molecular complexity index is 339. The number of phenols is 1. The van der Waals surface area contributed by atoms with Crippen molar-refractivity contribution in [3.63, 3.8) is 0 Å². The van der Waals surface area contributed by atoms with E-state index < -0.39 is 0 Å². The molecule has 1 N–H and O–H groups in total. The monoisotopic (exact) mass is 239 g/mol. The van der Waals surface area contributed by atoms with Crippen molar-refractivity contribution in [1.82, 2.24) is 4.90 Å². The van der Waals surface area contributed by atoms with Gasteiger partial charge in [0.15, 0.2) is 0 Å². The summed E-state index contributed by atoms with van der Waals surface area (Å²) in [6, 6.07) is 5.32. The Morgan fingerprint density at radius 1 is 1.38 bits per heavy atom. The molecule has 1 aliphatic rings. The van der Waals surface area contributed by atoms with E-state index in [0.717, 1.165) is 31.1 Å². The predicted molar refractivity (Wildman–Crippen MR) is 66.8 cm³/mol. The van der Waals surface area contributed by atoms with Crippen LogP contribution in [0.3, 0.4) is 0 Å². The smallest absolute Gasteiger partial charge is 0.121 e. The zero-order chi connectivity index (χ0) is 11.5. The Kier molecular flexibility index (Phi) is 3.72. The number of aromatic hydroxyl groups is 1. The highest BCUT2D eigenvalue weighted by atomic mass is 35.5. The Balaban J connectivity index is 2.04. The van der Waals surface area contributed by atoms with Crippen LogP contribution in [0.15, 0.2) is 18.2 Å². The summed E-state index contributed by atoms with van der Waals surface area (Å²) < 4.78 is 0. The zero-order valence-corrected chi connectivity index (χ0v) is 10.4. The van der Waals surface area contributed by atoms with Crippen molar-refractivity contribution in [2.45, 2.75) is 26.3 Å². The molecule has 3 heteroatoms. The number of nitrogens with zero attached hydrogens (tertiary/aromatic N) is 1. The van der Waals surface area contributed by atoms with Crippen LogP contribution in [0.1, 0.15) is 25.3 Å². The number of piperidine rings is 1. The van der Waals surface area contributed by atoms with E-state index in [9.17, 15) is 5.11 Å². The fourth-order valence-corrected chi connectivity index (χ4v) is 2.38. The van der Waals surface area contributed by atoms with Gasteiger partial charge < -0.3 is 5.11 Å². The molecule has 1 aliphatic heterocycles. The van der Waals surface area contributed by atoms with Crippen LogP contribution in [0.2, 0.25) is 5.02 Å². The van der Waals surface area contributed by atoms with Gasteiger partial charge in [-0.2, -0.15) is 0 Å². The van der Waals surface area contributed by atoms with Crippen molar-refractivity contribution in [3.8, 4) is 5.75 Å². The maximum absolute atomic E-state index is 9.76. The largest absolute Gasteiger partial charge is 0.508 e. The van der Waals surface area contributed by atoms with Crippen LogP contribution < -0.4 is 0 Å². The van der Waals surface area contributed by atoms with Crippen molar-refractivity contribution >= 4 is 11.6 Å². The van der Waals surface area contributed by atoms with E-state index in [-0.39, 0.29) is 0 Å². The minimum atomic E-state index is 0.311. The first-order valence-electron chi connectivity index (χ1n) is 5.85. The standard InChI is InChI=1S/C13H18ClNO/c1-10-5-7-15(8-6-10)9-11-12(14)3-2-4-13(11)16/h2-4,10,16H,5-9H2,1H3. The molecule has 1 saturated heterocycles. The van der Waals surface area contributed by atoms with Gasteiger partial charge in [0.2, 0.25) is 0 Å². The lowest BCUT2D eigenvalue weighted by atomic mass is 9.99. The quantitative estimate of drug-likeness (QED) is 0.856. The van der Waals surface area contributed by atoms with Gasteiger partial charge in [0.25, 0.3) is 0 Å². The third kappa shape index (κ3) is 2.69. The molecular weight excluding hydrogens is 222 g/mol. The van der Waals surface area contributed by atoms with Crippen molar-refractivity contribution in [2.75, 3.05) is 13.1 Å². The topological polar surface area (TPSA) is 23.5 Å². The molecule has 1 heterocycles. The minimum Gasteiger partial charge on any atom is -0.508 e. The Hall–Kier alpha value is -0.730. The first-order chi connectivity index (χ1) is 7.66. The van der Waals surface area contributed by atoms with E-state index in [1.54, 1.807) is 12.1 Å². The van der Waals surface area contributed by atoms with Crippen LogP contribution in [0.25, 0.3) is 0 Å². The molecule has 0 radical (unpaired) electrons. The Labute approximate surface area is 102 Å². The molecular formula is C13H18ClNO. The Morgan fingerprint density at radius 2 is 2.06 bits per heavy atom. The van der Waals surface area contributed by atoms with Gasteiger partial charge in [-0.15, -0.1) is 0 Å². The van der Waals surface area contributed by atoms with Gasteiger partial charge in [-0.25, -0.2) is 0 Å². The number of hydrogen-bond donors (Lipinski definition) is 1. The number of hydrogen-bond acceptors (Lipinski definition) is 2. The van der Waals surface area contributed by atoms with E-state index in [1.807, 2.05) is 6.07 Å². The van der Waals surface area contributed by atoms with Crippen LogP contribution in [-0.2, 0) is 6.54 Å². The predicted octanol–water partition coefficient (Wildman–Crippen LogP) is 3.28. The molecule has 0 saturated carbocycles. The fourth-order valence-electron chi connectivity index (χ4n) is 2.15. The lowest BCUT2D eigenvalue weighted by Gasteiger charge is -2.30. The molecule has 16 heavy (non-hydrogen) atoms. The third-order valence-corrected chi connectivity index (χ3v) is 3.71. The second kappa shape index (κ2) is 5.07. The highest BCUT2D eigenvalue weighted by molar-refractivity contribution is 6.31. The number of rotatable bonds is 2. The minimum absolute atomic E-state index is 0.311. The zero-order valence-electron chi connectivity index (χ0n) is 9.62. The summed E-state index contributed by atoms with van der Waals surface area (Å²) in [7, 11) is 0. The molecule has 2 nitrogen and oxygen atoms in total. The summed E-state index contributed by atoms with van der Waals surface area (Å²) in [5.74, 6) is 1.14. The number of benzene rings is 1. The second-order valence-electron chi connectivity index (χ2n) is 4.70. The van der Waals surface area contributed by atoms with E-state index in [2.05, 4.69) is 11.8 Å². The van der Waals surface area contributed by atoms with Crippen molar-refractivity contribution < 1.29 is 5.11 Å². The first-order valence-corrected chi connectivity index (χ1v) is 6.23. The number of likely N-dealkylation sites (tertiary alicyclic amines) is 1. The molecule has 1 fully saturated rings. The molecule has 1 aromatic carbocycles. The lowest BCUT2D eigenvalue weighted by molar-refractivity contribution is 0.184. The highest BCUT2D eigenvalue weighted by Gasteiger charge is 2.17. The molecule has 0 aliphatic carbocycles. The Morgan fingerprint density at radius 3 is 2.69 bits per heavy atom. The molecule has 88 valence electrons. The van der Waals surface area contributed by atoms with Crippen LogP contribution >= 0.6 is 11.6 Å². The summed E-state index contributed by atoms with van der Waals surface area (Å²) >= 11 is 6.09. The van der Waals surface area contributed by atoms with Gasteiger partial charge in [0.1, 0.15) is 5.75 Å². The summed E-state index contributed by atoms with van der Waals surface area (Å²) in [6.45, 7) is 5.26. The van der Waals surface area contributed by atoms with Gasteiger partial charge in [0.05, 0.1) is 0 Å². The van der Waals surface area contributed by atoms with Crippen LogP contribution in [-0.4, -0.2) is 23.1 Å². The van der Waals surface area contributed by atoms with Crippen LogP contribution in [0.4, 0.5) is 0 Å². The average Bonchev–Trinajstić information content (AvgIpc) is 2.26. The van der Waals surface area contributed by atoms with Gasteiger partial charge in [-0.05, 0) is 44.0 Å². The average molecular weight is 240 g/mol. The van der Waals surface area contributed by atoms with E-state index >= 15 is 0 Å². The molecule has 2 rings (SSSR count). The van der Waals surface area contributed by atoms with E-state index in [1.165, 1.54) is 12.8 Å². The SMILES string of the molecule is CC1CCN(Cc2c(O)cccc2Cl)CC1. The normalized spacial score (nSPS) is 18.9. The molecule has 0 bridgehead atoms. The summed E-state index contributed by atoms with van der Waals surface area (Å²) in [5, 5.41) is 10.4. The lowest BCUT2D eigenvalue weighted by Crippen LogP contribution is -2.32. The first kappa shape index (κ1) is 11.7. The number of halogens is 1. The van der Waals surface area contributed by atoms with Crippen molar-refractivity contribution in [1.29, 1.82) is 0 Å². The van der Waals surface area contributed by atoms with E-state index in [0.29, 0.717) is 10.8 Å². The van der Waals surface area contributed by atoms with Gasteiger partial charge in [-0.3, -0.25) is 4.90 Å². The molecule has 0 atom stereocenters. The summed E-state index contributed by atoms with van der Waals surface area (Å²) in [5.41, 5.74) is 0.860. The molecule has 0 aromatic heterocycles. The molecule has 0 amide bonds. The molecule has 1 aromatic rings. The molecule has 0 spiro atoms. The summed E-state index contributed by atoms with van der Waals surface area (Å²) in [6.07, 6.45) is 2.48.